The molecule has 0 aliphatic rings. The molecule has 0 bridgehead atoms. The van der Waals surface area contributed by atoms with Crippen LogP contribution in [0.5, 0.6) is 0 Å². The summed E-state index contributed by atoms with van der Waals surface area (Å²) in [5, 5.41) is 5.71. The van der Waals surface area contributed by atoms with E-state index in [-0.39, 0.29) is 29.5 Å². The Labute approximate surface area is 236 Å². The minimum atomic E-state index is -3.72. The van der Waals surface area contributed by atoms with Gasteiger partial charge >= 0.3 is 0 Å². The highest BCUT2D eigenvalue weighted by atomic mass is 127. The second-order valence-electron chi connectivity index (χ2n) is 8.46. The number of carbonyl (C=O) groups excluding carboxylic acids is 2. The molecule has 0 aliphatic heterocycles. The van der Waals surface area contributed by atoms with E-state index in [0.717, 1.165) is 51.4 Å². The van der Waals surface area contributed by atoms with E-state index in [1.807, 2.05) is 0 Å². The molecule has 2 unspecified atom stereocenters. The summed E-state index contributed by atoms with van der Waals surface area (Å²) in [4.78, 5) is 25.0. The van der Waals surface area contributed by atoms with Crippen LogP contribution in [0.2, 0.25) is 0 Å². The van der Waals surface area contributed by atoms with Crippen LogP contribution in [0.4, 0.5) is 11.4 Å². The Morgan fingerprint density at radius 1 is 0.686 bits per heavy atom. The summed E-state index contributed by atoms with van der Waals surface area (Å²) < 4.78 is 25.8. The summed E-state index contributed by atoms with van der Waals surface area (Å²) in [5.41, 5.74) is 1.13. The Morgan fingerprint density at radius 2 is 1.03 bits per heavy atom. The first-order valence-corrected chi connectivity index (χ1v) is 16.0. The molecular formula is C26H34I2N2O4S. The van der Waals surface area contributed by atoms with Gasteiger partial charge < -0.3 is 10.6 Å². The number of anilines is 2. The molecule has 0 fully saturated rings. The fourth-order valence-electron chi connectivity index (χ4n) is 3.42. The topological polar surface area (TPSA) is 92.3 Å². The van der Waals surface area contributed by atoms with Gasteiger partial charge in [0, 0.05) is 11.4 Å². The van der Waals surface area contributed by atoms with E-state index < -0.39 is 9.84 Å². The van der Waals surface area contributed by atoms with E-state index in [0.29, 0.717) is 11.4 Å². The zero-order valence-electron chi connectivity index (χ0n) is 20.2. The monoisotopic (exact) mass is 724 g/mol. The Kier molecular flexibility index (Phi) is 13.0. The minimum absolute atomic E-state index is 0.0750. The van der Waals surface area contributed by atoms with E-state index >= 15 is 0 Å². The van der Waals surface area contributed by atoms with Gasteiger partial charge in [0.25, 0.3) is 0 Å². The van der Waals surface area contributed by atoms with Crippen molar-refractivity contribution in [3.63, 3.8) is 0 Å². The lowest BCUT2D eigenvalue weighted by atomic mass is 10.1. The number of hydrogen-bond donors (Lipinski definition) is 2. The molecule has 2 aromatic carbocycles. The molecular weight excluding hydrogens is 690 g/mol. The van der Waals surface area contributed by atoms with Crippen LogP contribution in [0.3, 0.4) is 0 Å². The van der Waals surface area contributed by atoms with Gasteiger partial charge in [0.1, 0.15) is 0 Å². The van der Waals surface area contributed by atoms with Crippen LogP contribution in [0.15, 0.2) is 58.3 Å². The lowest BCUT2D eigenvalue weighted by molar-refractivity contribution is -0.116. The summed E-state index contributed by atoms with van der Waals surface area (Å²) in [5.74, 6) is -0.150. The quantitative estimate of drug-likeness (QED) is 0.123. The van der Waals surface area contributed by atoms with Crippen LogP contribution in [0.1, 0.15) is 65.2 Å². The first-order valence-electron chi connectivity index (χ1n) is 12.0. The lowest BCUT2D eigenvalue weighted by Crippen LogP contribution is -2.22. The Hall–Kier alpha value is -1.21. The number of alkyl halides is 2. The molecule has 0 saturated carbocycles. The summed E-state index contributed by atoms with van der Waals surface area (Å²) >= 11 is 4.29. The minimum Gasteiger partial charge on any atom is -0.325 e. The average Bonchev–Trinajstić information content (AvgIpc) is 2.84. The SMILES string of the molecule is CCCCCC(I)C(=O)Nc1ccc(S(=O)(=O)c2ccc(NC(=O)C(I)CCCCC)cc2)cc1. The fraction of sp³-hybridized carbons (Fsp3) is 0.462. The van der Waals surface area contributed by atoms with Crippen molar-refractivity contribution < 1.29 is 18.0 Å². The maximum Gasteiger partial charge on any atom is 0.237 e. The Bertz CT molecular complexity index is 978. The molecule has 6 nitrogen and oxygen atoms in total. The predicted octanol–water partition coefficient (Wildman–Crippen LogP) is 7.16. The van der Waals surface area contributed by atoms with Gasteiger partial charge in [-0.2, -0.15) is 0 Å². The number of nitrogens with one attached hydrogen (secondary N) is 2. The highest BCUT2D eigenvalue weighted by molar-refractivity contribution is 14.1. The van der Waals surface area contributed by atoms with Crippen molar-refractivity contribution >= 4 is 78.2 Å². The van der Waals surface area contributed by atoms with Gasteiger partial charge in [-0.15, -0.1) is 0 Å². The number of rotatable bonds is 14. The van der Waals surface area contributed by atoms with E-state index in [2.05, 4.69) is 69.7 Å². The Morgan fingerprint density at radius 3 is 1.34 bits per heavy atom. The first-order chi connectivity index (χ1) is 16.7. The highest BCUT2D eigenvalue weighted by Gasteiger charge is 2.20. The Balaban J connectivity index is 1.99. The average molecular weight is 724 g/mol. The number of carbonyl (C=O) groups is 2. The highest BCUT2D eigenvalue weighted by Crippen LogP contribution is 2.25. The molecule has 192 valence electrons. The van der Waals surface area contributed by atoms with Crippen molar-refractivity contribution in [2.24, 2.45) is 0 Å². The van der Waals surface area contributed by atoms with E-state index in [4.69, 9.17) is 0 Å². The smallest absolute Gasteiger partial charge is 0.237 e. The standard InChI is InChI=1S/C26H34I2N2O4S/c1-3-5-7-9-23(27)25(31)29-19-11-15-21(16-12-19)35(33,34)22-17-13-20(14-18-22)30-26(32)24(28)10-8-6-4-2/h11-18,23-24H,3-10H2,1-2H3,(H,29,31)(H,30,32). The largest absolute Gasteiger partial charge is 0.325 e. The third-order valence-corrected chi connectivity index (χ3v) is 9.72. The van der Waals surface area contributed by atoms with Crippen molar-refractivity contribution in [3.05, 3.63) is 48.5 Å². The maximum absolute atomic E-state index is 13.0. The molecule has 0 aromatic heterocycles. The van der Waals surface area contributed by atoms with Gasteiger partial charge in [-0.3, -0.25) is 9.59 Å². The molecule has 0 saturated heterocycles. The number of amides is 2. The normalized spacial score (nSPS) is 13.1. The molecule has 2 aromatic rings. The van der Waals surface area contributed by atoms with E-state index in [1.54, 1.807) is 24.3 Å². The van der Waals surface area contributed by atoms with Crippen molar-refractivity contribution in [2.75, 3.05) is 10.6 Å². The van der Waals surface area contributed by atoms with Gasteiger partial charge in [0.2, 0.25) is 21.7 Å². The number of sulfone groups is 1. The van der Waals surface area contributed by atoms with Crippen LogP contribution in [0, 0.1) is 0 Å². The first kappa shape index (κ1) is 30.0. The van der Waals surface area contributed by atoms with E-state index in [1.165, 1.54) is 24.3 Å². The van der Waals surface area contributed by atoms with Crippen molar-refractivity contribution in [1.29, 1.82) is 0 Å². The van der Waals surface area contributed by atoms with Crippen LogP contribution in [-0.2, 0) is 19.4 Å². The van der Waals surface area contributed by atoms with Crippen LogP contribution in [0.25, 0.3) is 0 Å². The van der Waals surface area contributed by atoms with Crippen LogP contribution < -0.4 is 10.6 Å². The van der Waals surface area contributed by atoms with Gasteiger partial charge in [-0.1, -0.05) is 97.6 Å². The lowest BCUT2D eigenvalue weighted by Gasteiger charge is -2.12. The van der Waals surface area contributed by atoms with Crippen molar-refractivity contribution in [3.8, 4) is 0 Å². The number of hydrogen-bond acceptors (Lipinski definition) is 4. The van der Waals surface area contributed by atoms with Crippen molar-refractivity contribution in [1.82, 2.24) is 0 Å². The number of halogens is 2. The molecule has 2 amide bonds. The molecule has 2 atom stereocenters. The van der Waals surface area contributed by atoms with Gasteiger partial charge in [0.15, 0.2) is 0 Å². The zero-order valence-corrected chi connectivity index (χ0v) is 25.4. The molecule has 0 spiro atoms. The predicted molar refractivity (Wildman–Crippen MR) is 159 cm³/mol. The third-order valence-electron chi connectivity index (χ3n) is 5.56. The second kappa shape index (κ2) is 15.1. The van der Waals surface area contributed by atoms with Crippen LogP contribution in [-0.4, -0.2) is 28.1 Å². The van der Waals surface area contributed by atoms with E-state index in [9.17, 15) is 18.0 Å². The maximum atomic E-state index is 13.0. The zero-order chi connectivity index (χ0) is 25.8. The summed E-state index contributed by atoms with van der Waals surface area (Å²) in [6, 6.07) is 12.4. The molecule has 0 aliphatic carbocycles. The molecule has 9 heteroatoms. The molecule has 35 heavy (non-hydrogen) atoms. The molecule has 0 radical (unpaired) electrons. The number of unbranched alkanes of at least 4 members (excludes halogenated alkanes) is 4. The molecule has 0 heterocycles. The van der Waals surface area contributed by atoms with Gasteiger partial charge in [0.05, 0.1) is 17.6 Å². The van der Waals surface area contributed by atoms with Gasteiger partial charge in [-0.25, -0.2) is 8.42 Å². The molecule has 2 rings (SSSR count). The number of benzene rings is 2. The third kappa shape index (κ3) is 9.64. The second-order valence-corrected chi connectivity index (χ2v) is 13.4. The summed E-state index contributed by atoms with van der Waals surface area (Å²) in [7, 11) is -3.72. The van der Waals surface area contributed by atoms with Gasteiger partial charge in [-0.05, 0) is 61.4 Å². The fourth-order valence-corrected chi connectivity index (χ4v) is 5.87. The van der Waals surface area contributed by atoms with Crippen molar-refractivity contribution in [2.45, 2.75) is 82.9 Å². The summed E-state index contributed by atoms with van der Waals surface area (Å²) in [6.07, 6.45) is 8.08. The molecule has 2 N–H and O–H groups in total. The van der Waals surface area contributed by atoms with Crippen LogP contribution >= 0.6 is 45.2 Å². The summed E-state index contributed by atoms with van der Waals surface area (Å²) in [6.45, 7) is 4.25.